The van der Waals surface area contributed by atoms with Crippen LogP contribution >= 0.6 is 0 Å². The van der Waals surface area contributed by atoms with Crippen molar-refractivity contribution in [2.75, 3.05) is 0 Å². The second-order valence-electron chi connectivity index (χ2n) is 14.6. The van der Waals surface area contributed by atoms with E-state index < -0.39 is 0 Å². The van der Waals surface area contributed by atoms with E-state index in [-0.39, 0.29) is 5.41 Å². The zero-order chi connectivity index (χ0) is 34.6. The molecule has 3 atom stereocenters. The van der Waals surface area contributed by atoms with E-state index in [2.05, 4.69) is 136 Å². The number of rotatable bonds is 28. The van der Waals surface area contributed by atoms with Crippen molar-refractivity contribution in [2.45, 2.75) is 165 Å². The number of hydrogen-bond donors (Lipinski definition) is 0. The first-order chi connectivity index (χ1) is 22.0. The van der Waals surface area contributed by atoms with Gasteiger partial charge in [0.25, 0.3) is 0 Å². The monoisotopic (exact) mass is 629 g/mol. The molecule has 0 aliphatic rings. The van der Waals surface area contributed by atoms with Crippen LogP contribution in [0.4, 0.5) is 0 Å². The molecule has 0 radical (unpaired) electrons. The van der Waals surface area contributed by atoms with Crippen molar-refractivity contribution in [3.8, 4) is 0 Å². The van der Waals surface area contributed by atoms with Crippen LogP contribution in [0, 0.1) is 17.3 Å². The van der Waals surface area contributed by atoms with Crippen molar-refractivity contribution in [3.05, 3.63) is 108 Å². The highest BCUT2D eigenvalue weighted by molar-refractivity contribution is 5.06. The van der Waals surface area contributed by atoms with E-state index in [0.717, 1.165) is 57.8 Å². The standard InChI is InChI=1S/C46H76/c1-12-44(33-22-21-28-39(4)5)32-19-16-15-17-24-35-46(14-3,37-26-23-29-40(6)7)36-25-18-20-34-45(13-2)38-43(11)42(10)31-27-30-41(8)9/h13-15,17-18,25,28-30,32,43,45H,2-3,10,12,16,19-24,26-27,31,33-38H2,1,4-9,11H3/b17-15+,25-18+,44-32-. The molecule has 0 heterocycles. The van der Waals surface area contributed by atoms with Gasteiger partial charge in [0.05, 0.1) is 0 Å². The van der Waals surface area contributed by atoms with E-state index in [9.17, 15) is 0 Å². The molecule has 0 aliphatic heterocycles. The Morgan fingerprint density at radius 2 is 1.26 bits per heavy atom. The van der Waals surface area contributed by atoms with Crippen LogP contribution < -0.4 is 0 Å². The van der Waals surface area contributed by atoms with Crippen LogP contribution in [0.3, 0.4) is 0 Å². The molecule has 0 aliphatic carbocycles. The zero-order valence-corrected chi connectivity index (χ0v) is 32.1. The minimum atomic E-state index is 0.173. The first kappa shape index (κ1) is 43.7. The summed E-state index contributed by atoms with van der Waals surface area (Å²) in [5.74, 6) is 1.09. The molecule has 0 saturated carbocycles. The van der Waals surface area contributed by atoms with Gasteiger partial charge >= 0.3 is 0 Å². The second kappa shape index (κ2) is 27.7. The highest BCUT2D eigenvalue weighted by Gasteiger charge is 2.23. The topological polar surface area (TPSA) is 0 Å². The molecular formula is C46H76. The van der Waals surface area contributed by atoms with Gasteiger partial charge in [-0.25, -0.2) is 0 Å². The lowest BCUT2D eigenvalue weighted by Gasteiger charge is -2.29. The summed E-state index contributed by atoms with van der Waals surface area (Å²) in [5, 5.41) is 0. The zero-order valence-electron chi connectivity index (χ0n) is 32.1. The molecular weight excluding hydrogens is 553 g/mol. The molecule has 0 rings (SSSR count). The molecule has 0 saturated heterocycles. The summed E-state index contributed by atoms with van der Waals surface area (Å²) >= 11 is 0. The van der Waals surface area contributed by atoms with Gasteiger partial charge in [-0.1, -0.05) is 109 Å². The molecule has 3 unspecified atom stereocenters. The Bertz CT molecular complexity index is 1010. The average molecular weight is 629 g/mol. The van der Waals surface area contributed by atoms with Crippen molar-refractivity contribution in [1.82, 2.24) is 0 Å². The number of hydrogen-bond acceptors (Lipinski definition) is 0. The van der Waals surface area contributed by atoms with Gasteiger partial charge in [-0.15, -0.1) is 13.2 Å². The largest absolute Gasteiger partial charge is 0.103 e. The molecule has 0 fully saturated rings. The third kappa shape index (κ3) is 23.9. The van der Waals surface area contributed by atoms with E-state index in [1.165, 1.54) is 73.7 Å². The minimum absolute atomic E-state index is 0.173. The maximum Gasteiger partial charge on any atom is -0.00834 e. The Labute approximate surface area is 289 Å². The Balaban J connectivity index is 4.98. The van der Waals surface area contributed by atoms with Gasteiger partial charge in [-0.3, -0.25) is 0 Å². The van der Waals surface area contributed by atoms with Crippen molar-refractivity contribution in [2.24, 2.45) is 17.3 Å². The maximum absolute atomic E-state index is 4.40. The molecule has 0 nitrogen and oxygen atoms in total. The van der Waals surface area contributed by atoms with Gasteiger partial charge < -0.3 is 0 Å². The fourth-order valence-electron chi connectivity index (χ4n) is 6.09. The fourth-order valence-corrected chi connectivity index (χ4v) is 6.09. The molecule has 0 N–H and O–H groups in total. The molecule has 0 aromatic carbocycles. The molecule has 0 spiro atoms. The van der Waals surface area contributed by atoms with E-state index in [0.29, 0.717) is 11.8 Å². The van der Waals surface area contributed by atoms with Crippen LogP contribution in [0.5, 0.6) is 0 Å². The van der Waals surface area contributed by atoms with Crippen LogP contribution in [0.25, 0.3) is 0 Å². The normalized spacial score (nSPS) is 14.5. The van der Waals surface area contributed by atoms with E-state index in [1.807, 2.05) is 0 Å². The Morgan fingerprint density at radius 3 is 1.87 bits per heavy atom. The summed E-state index contributed by atoms with van der Waals surface area (Å²) in [6.45, 7) is 30.7. The van der Waals surface area contributed by atoms with Crippen LogP contribution in [0.15, 0.2) is 108 Å². The summed E-state index contributed by atoms with van der Waals surface area (Å²) in [7, 11) is 0. The Hall–Kier alpha value is -2.34. The molecule has 0 bridgehead atoms. The summed E-state index contributed by atoms with van der Waals surface area (Å²) < 4.78 is 0. The number of allylic oxidation sites excluding steroid dienone is 15. The lowest BCUT2D eigenvalue weighted by atomic mass is 9.75. The van der Waals surface area contributed by atoms with Gasteiger partial charge in [0.2, 0.25) is 0 Å². The summed E-state index contributed by atoms with van der Waals surface area (Å²) in [5.41, 5.74) is 7.42. The van der Waals surface area contributed by atoms with Gasteiger partial charge in [0.15, 0.2) is 0 Å². The van der Waals surface area contributed by atoms with E-state index in [4.69, 9.17) is 0 Å². The third-order valence-electron chi connectivity index (χ3n) is 9.41. The van der Waals surface area contributed by atoms with Crippen LogP contribution in [-0.4, -0.2) is 0 Å². The Kier molecular flexibility index (Phi) is 26.3. The van der Waals surface area contributed by atoms with Gasteiger partial charge in [-0.05, 0) is 168 Å². The molecule has 0 aromatic heterocycles. The summed E-state index contributed by atoms with van der Waals surface area (Å²) in [6, 6.07) is 0. The summed E-state index contributed by atoms with van der Waals surface area (Å²) in [6.07, 6.45) is 43.5. The third-order valence-corrected chi connectivity index (χ3v) is 9.41. The van der Waals surface area contributed by atoms with Gasteiger partial charge in [0.1, 0.15) is 0 Å². The van der Waals surface area contributed by atoms with Gasteiger partial charge in [-0.2, -0.15) is 0 Å². The summed E-state index contributed by atoms with van der Waals surface area (Å²) in [4.78, 5) is 0. The molecule has 0 amide bonds. The predicted octanol–water partition coefficient (Wildman–Crippen LogP) is 15.7. The first-order valence-corrected chi connectivity index (χ1v) is 18.8. The predicted molar refractivity (Wildman–Crippen MR) is 213 cm³/mol. The van der Waals surface area contributed by atoms with Crippen LogP contribution in [0.2, 0.25) is 0 Å². The fraction of sp³-hybridized carbons (Fsp3) is 0.609. The van der Waals surface area contributed by atoms with Crippen LogP contribution in [-0.2, 0) is 0 Å². The molecule has 0 heteroatoms. The Morgan fingerprint density at radius 1 is 0.652 bits per heavy atom. The highest BCUT2D eigenvalue weighted by Crippen LogP contribution is 2.37. The van der Waals surface area contributed by atoms with E-state index >= 15 is 0 Å². The maximum atomic E-state index is 4.40. The number of unbranched alkanes of at least 4 members (excludes halogenated alkanes) is 3. The second-order valence-corrected chi connectivity index (χ2v) is 14.6. The van der Waals surface area contributed by atoms with Crippen molar-refractivity contribution >= 4 is 0 Å². The minimum Gasteiger partial charge on any atom is -0.103 e. The van der Waals surface area contributed by atoms with E-state index in [1.54, 1.807) is 5.57 Å². The van der Waals surface area contributed by atoms with Crippen LogP contribution in [0.1, 0.15) is 165 Å². The average Bonchev–Trinajstić information content (AvgIpc) is 3.01. The van der Waals surface area contributed by atoms with Crippen molar-refractivity contribution in [1.29, 1.82) is 0 Å². The van der Waals surface area contributed by atoms with Crippen molar-refractivity contribution in [3.63, 3.8) is 0 Å². The molecule has 46 heavy (non-hydrogen) atoms. The SMILES string of the molecule is C=CC(CC/C=C/CC(C=C)(CC/C=C/CC/C=C(/CC)CCCC=C(C)C)CCCC=C(C)C)CC(C)C(=C)CCC=C(C)C. The molecule has 0 aromatic rings. The molecule has 260 valence electrons. The lowest BCUT2D eigenvalue weighted by Crippen LogP contribution is -2.17. The smallest absolute Gasteiger partial charge is 0.00834 e. The first-order valence-electron chi connectivity index (χ1n) is 18.8. The van der Waals surface area contributed by atoms with Gasteiger partial charge in [0, 0.05) is 0 Å². The van der Waals surface area contributed by atoms with Crippen molar-refractivity contribution < 1.29 is 0 Å². The quantitative estimate of drug-likeness (QED) is 0.0597. The highest BCUT2D eigenvalue weighted by atomic mass is 14.3. The lowest BCUT2D eigenvalue weighted by molar-refractivity contribution is 0.321.